The van der Waals surface area contributed by atoms with Crippen LogP contribution < -0.4 is 10.6 Å². The number of urea groups is 1. The summed E-state index contributed by atoms with van der Waals surface area (Å²) in [5, 5.41) is 5.31. The minimum absolute atomic E-state index is 0.00342. The predicted octanol–water partition coefficient (Wildman–Crippen LogP) is 0.937. The van der Waals surface area contributed by atoms with Crippen molar-refractivity contribution in [2.24, 2.45) is 5.92 Å². The Labute approximate surface area is 131 Å². The fourth-order valence-corrected chi connectivity index (χ4v) is 3.52. The first-order chi connectivity index (χ1) is 10.6. The first-order valence-corrected chi connectivity index (χ1v) is 9.21. The summed E-state index contributed by atoms with van der Waals surface area (Å²) in [6.45, 7) is 2.09. The summed E-state index contributed by atoms with van der Waals surface area (Å²) in [4.78, 5) is 11.6. The van der Waals surface area contributed by atoms with Crippen molar-refractivity contribution >= 4 is 15.9 Å². The van der Waals surface area contributed by atoms with E-state index in [4.69, 9.17) is 4.74 Å². The van der Waals surface area contributed by atoms with E-state index in [1.807, 2.05) is 18.2 Å². The Bertz CT molecular complexity index is 568. The summed E-state index contributed by atoms with van der Waals surface area (Å²) < 4.78 is 29.1. The lowest BCUT2D eigenvalue weighted by atomic mass is 10.1. The van der Waals surface area contributed by atoms with Gasteiger partial charge in [0.15, 0.2) is 9.84 Å². The molecular formula is C15H22N2O4S. The van der Waals surface area contributed by atoms with Crippen LogP contribution in [0.2, 0.25) is 0 Å². The Morgan fingerprint density at radius 2 is 2.00 bits per heavy atom. The van der Waals surface area contributed by atoms with E-state index in [1.54, 1.807) is 12.1 Å². The maximum atomic E-state index is 12.0. The molecule has 0 aromatic heterocycles. The van der Waals surface area contributed by atoms with Crippen LogP contribution in [-0.2, 0) is 20.3 Å². The van der Waals surface area contributed by atoms with Crippen molar-refractivity contribution in [3.8, 4) is 0 Å². The number of amides is 2. The second-order valence-corrected chi connectivity index (χ2v) is 7.63. The van der Waals surface area contributed by atoms with Crippen molar-refractivity contribution in [1.29, 1.82) is 0 Å². The van der Waals surface area contributed by atoms with Gasteiger partial charge >= 0.3 is 6.03 Å². The van der Waals surface area contributed by atoms with Gasteiger partial charge in [-0.15, -0.1) is 0 Å². The molecule has 0 saturated carbocycles. The lowest BCUT2D eigenvalue weighted by Crippen LogP contribution is -2.40. The van der Waals surface area contributed by atoms with Crippen molar-refractivity contribution in [1.82, 2.24) is 10.6 Å². The van der Waals surface area contributed by atoms with Gasteiger partial charge in [0.2, 0.25) is 0 Å². The van der Waals surface area contributed by atoms with Crippen LogP contribution in [0.5, 0.6) is 0 Å². The largest absolute Gasteiger partial charge is 0.381 e. The Morgan fingerprint density at radius 1 is 1.23 bits per heavy atom. The predicted molar refractivity (Wildman–Crippen MR) is 84.3 cm³/mol. The molecule has 1 aliphatic heterocycles. The van der Waals surface area contributed by atoms with Gasteiger partial charge in [0, 0.05) is 25.6 Å². The molecule has 6 nitrogen and oxygen atoms in total. The summed E-state index contributed by atoms with van der Waals surface area (Å²) in [5.74, 6) is 0.283. The second kappa shape index (κ2) is 8.14. The van der Waals surface area contributed by atoms with Crippen molar-refractivity contribution in [2.75, 3.05) is 32.1 Å². The summed E-state index contributed by atoms with van der Waals surface area (Å²) in [7, 11) is -3.22. The smallest absolute Gasteiger partial charge is 0.314 e. The van der Waals surface area contributed by atoms with E-state index < -0.39 is 9.84 Å². The fraction of sp³-hybridized carbons (Fsp3) is 0.533. The van der Waals surface area contributed by atoms with Gasteiger partial charge in [0.05, 0.1) is 18.1 Å². The molecule has 2 amide bonds. The van der Waals surface area contributed by atoms with E-state index in [0.717, 1.165) is 18.6 Å². The number of benzene rings is 1. The van der Waals surface area contributed by atoms with Crippen molar-refractivity contribution in [3.05, 3.63) is 35.9 Å². The van der Waals surface area contributed by atoms with E-state index in [-0.39, 0.29) is 24.1 Å². The molecular weight excluding hydrogens is 304 g/mol. The van der Waals surface area contributed by atoms with E-state index >= 15 is 0 Å². The van der Waals surface area contributed by atoms with Gasteiger partial charge in [-0.05, 0) is 12.0 Å². The Hall–Kier alpha value is -1.60. The van der Waals surface area contributed by atoms with Gasteiger partial charge in [0.25, 0.3) is 0 Å². The monoisotopic (exact) mass is 326 g/mol. The number of hydrogen-bond donors (Lipinski definition) is 2. The number of carbonyl (C=O) groups excluding carboxylic acids is 1. The molecule has 2 rings (SSSR count). The lowest BCUT2D eigenvalue weighted by molar-refractivity contribution is 0.185. The third-order valence-corrected chi connectivity index (χ3v) is 5.10. The number of rotatable bonds is 7. The van der Waals surface area contributed by atoms with Gasteiger partial charge in [-0.3, -0.25) is 0 Å². The zero-order valence-corrected chi connectivity index (χ0v) is 13.3. The Balaban J connectivity index is 1.65. The van der Waals surface area contributed by atoms with Crippen LogP contribution in [0.4, 0.5) is 4.79 Å². The highest BCUT2D eigenvalue weighted by atomic mass is 32.2. The zero-order chi connectivity index (χ0) is 15.8. The van der Waals surface area contributed by atoms with Crippen LogP contribution in [0.25, 0.3) is 0 Å². The molecule has 122 valence electrons. The summed E-state index contributed by atoms with van der Waals surface area (Å²) >= 11 is 0. The van der Waals surface area contributed by atoms with Gasteiger partial charge in [-0.25, -0.2) is 13.2 Å². The van der Waals surface area contributed by atoms with Gasteiger partial charge < -0.3 is 15.4 Å². The molecule has 0 aliphatic carbocycles. The quantitative estimate of drug-likeness (QED) is 0.781. The van der Waals surface area contributed by atoms with Crippen LogP contribution in [0.1, 0.15) is 12.0 Å². The molecule has 0 bridgehead atoms. The molecule has 2 N–H and O–H groups in total. The topological polar surface area (TPSA) is 84.5 Å². The first kappa shape index (κ1) is 16.8. The normalized spacial score (nSPS) is 18.1. The third kappa shape index (κ3) is 6.03. The highest BCUT2D eigenvalue weighted by Gasteiger charge is 2.16. The molecule has 1 saturated heterocycles. The second-order valence-electron chi connectivity index (χ2n) is 5.44. The molecule has 0 spiro atoms. The third-order valence-electron chi connectivity index (χ3n) is 3.50. The minimum atomic E-state index is -3.22. The molecule has 1 heterocycles. The number of nitrogens with one attached hydrogen (secondary N) is 2. The molecule has 0 radical (unpaired) electrons. The van der Waals surface area contributed by atoms with Crippen LogP contribution in [0, 0.1) is 5.92 Å². The Kier molecular flexibility index (Phi) is 6.21. The van der Waals surface area contributed by atoms with Gasteiger partial charge in [-0.2, -0.15) is 0 Å². The molecule has 1 fully saturated rings. The van der Waals surface area contributed by atoms with Crippen LogP contribution in [0.3, 0.4) is 0 Å². The average molecular weight is 326 g/mol. The standard InChI is InChI=1S/C15H22N2O4S/c18-15(17-10-14-6-8-21-11-14)16-7-9-22(19,20)12-13-4-2-1-3-5-13/h1-5,14H,6-12H2,(H2,16,17,18)/t14-/m0/s1. The lowest BCUT2D eigenvalue weighted by Gasteiger charge is -2.11. The maximum absolute atomic E-state index is 12.0. The summed E-state index contributed by atoms with van der Waals surface area (Å²) in [6.07, 6.45) is 0.950. The molecule has 1 aromatic carbocycles. The summed E-state index contributed by atoms with van der Waals surface area (Å²) in [5.41, 5.74) is 0.758. The molecule has 7 heteroatoms. The fourth-order valence-electron chi connectivity index (χ4n) is 2.26. The van der Waals surface area contributed by atoms with Crippen LogP contribution in [0.15, 0.2) is 30.3 Å². The van der Waals surface area contributed by atoms with E-state index in [9.17, 15) is 13.2 Å². The SMILES string of the molecule is O=C(NCCS(=O)(=O)Cc1ccccc1)NC[C@@H]1CCOC1. The number of sulfone groups is 1. The van der Waals surface area contributed by atoms with E-state index in [2.05, 4.69) is 10.6 Å². The molecule has 0 unspecified atom stereocenters. The van der Waals surface area contributed by atoms with Crippen LogP contribution >= 0.6 is 0 Å². The zero-order valence-electron chi connectivity index (χ0n) is 12.5. The van der Waals surface area contributed by atoms with Crippen molar-refractivity contribution < 1.29 is 17.9 Å². The number of hydrogen-bond acceptors (Lipinski definition) is 4. The minimum Gasteiger partial charge on any atom is -0.381 e. The van der Waals surface area contributed by atoms with Gasteiger partial charge in [-0.1, -0.05) is 30.3 Å². The van der Waals surface area contributed by atoms with Crippen molar-refractivity contribution in [2.45, 2.75) is 12.2 Å². The molecule has 1 aromatic rings. The Morgan fingerprint density at radius 3 is 2.68 bits per heavy atom. The first-order valence-electron chi connectivity index (χ1n) is 7.39. The van der Waals surface area contributed by atoms with E-state index in [1.165, 1.54) is 0 Å². The van der Waals surface area contributed by atoms with E-state index in [0.29, 0.717) is 19.1 Å². The van der Waals surface area contributed by atoms with Crippen LogP contribution in [-0.4, -0.2) is 46.5 Å². The summed E-state index contributed by atoms with van der Waals surface area (Å²) in [6, 6.07) is 8.69. The maximum Gasteiger partial charge on any atom is 0.314 e. The van der Waals surface area contributed by atoms with Crippen molar-refractivity contribution in [3.63, 3.8) is 0 Å². The molecule has 1 aliphatic rings. The molecule has 1 atom stereocenters. The highest BCUT2D eigenvalue weighted by Crippen LogP contribution is 2.10. The number of carbonyl (C=O) groups is 1. The average Bonchev–Trinajstić information content (AvgIpc) is 2.99. The van der Waals surface area contributed by atoms with Gasteiger partial charge in [0.1, 0.15) is 0 Å². The number of ether oxygens (including phenoxy) is 1. The molecule has 22 heavy (non-hydrogen) atoms. The highest BCUT2D eigenvalue weighted by molar-refractivity contribution is 7.90.